The molecule has 2 atom stereocenters. The first kappa shape index (κ1) is 12.7. The fraction of sp³-hybridized carbons (Fsp3) is 0.143. The van der Waals surface area contributed by atoms with Crippen LogP contribution >= 0.6 is 34.4 Å². The maximum atomic E-state index is 3.94. The SMILES string of the molecule is C=C[C@@H](S[C@H](C=C)c1cccs1)c1cccs1. The number of thiophene rings is 2. The highest BCUT2D eigenvalue weighted by Crippen LogP contribution is 2.44. The van der Waals surface area contributed by atoms with Crippen LogP contribution in [-0.2, 0) is 0 Å². The summed E-state index contributed by atoms with van der Waals surface area (Å²) >= 11 is 5.45. The van der Waals surface area contributed by atoms with Gasteiger partial charge in [0.1, 0.15) is 0 Å². The largest absolute Gasteiger partial charge is 0.147 e. The topological polar surface area (TPSA) is 0 Å². The molecule has 0 bridgehead atoms. The molecule has 17 heavy (non-hydrogen) atoms. The van der Waals surface area contributed by atoms with Crippen LogP contribution in [0.25, 0.3) is 0 Å². The van der Waals surface area contributed by atoms with Gasteiger partial charge in [-0.25, -0.2) is 0 Å². The molecule has 2 heterocycles. The molecular formula is C14H14S3. The van der Waals surface area contributed by atoms with Crippen molar-refractivity contribution in [3.8, 4) is 0 Å². The lowest BCUT2D eigenvalue weighted by molar-refractivity contribution is 1.23. The minimum atomic E-state index is 0.347. The van der Waals surface area contributed by atoms with Gasteiger partial charge in [0.05, 0.1) is 10.5 Å². The molecule has 0 fully saturated rings. The third-order valence-corrected chi connectivity index (χ3v) is 6.06. The van der Waals surface area contributed by atoms with Crippen LogP contribution in [0.5, 0.6) is 0 Å². The zero-order chi connectivity index (χ0) is 12.1. The Hall–Kier alpha value is -0.770. The van der Waals surface area contributed by atoms with Crippen LogP contribution in [0.3, 0.4) is 0 Å². The lowest BCUT2D eigenvalue weighted by Crippen LogP contribution is -1.92. The van der Waals surface area contributed by atoms with Gasteiger partial charge in [-0.05, 0) is 22.9 Å². The van der Waals surface area contributed by atoms with Crippen LogP contribution in [0.4, 0.5) is 0 Å². The molecule has 0 nitrogen and oxygen atoms in total. The Kier molecular flexibility index (Phi) is 4.66. The Bertz CT molecular complexity index is 409. The van der Waals surface area contributed by atoms with Crippen LogP contribution in [0, 0.1) is 0 Å². The van der Waals surface area contributed by atoms with E-state index < -0.39 is 0 Å². The molecule has 0 N–H and O–H groups in total. The molecule has 0 saturated carbocycles. The van der Waals surface area contributed by atoms with E-state index in [1.165, 1.54) is 9.75 Å². The normalized spacial score (nSPS) is 14.1. The molecule has 0 aliphatic rings. The highest BCUT2D eigenvalue weighted by molar-refractivity contribution is 8.00. The highest BCUT2D eigenvalue weighted by Gasteiger charge is 2.16. The van der Waals surface area contributed by atoms with E-state index in [0.717, 1.165) is 0 Å². The van der Waals surface area contributed by atoms with Crippen LogP contribution in [-0.4, -0.2) is 0 Å². The van der Waals surface area contributed by atoms with E-state index in [2.05, 4.69) is 48.2 Å². The van der Waals surface area contributed by atoms with E-state index in [1.54, 1.807) is 22.7 Å². The highest BCUT2D eigenvalue weighted by atomic mass is 32.2. The fourth-order valence-electron chi connectivity index (χ4n) is 1.54. The maximum absolute atomic E-state index is 3.94. The Balaban J connectivity index is 2.12. The van der Waals surface area contributed by atoms with Crippen molar-refractivity contribution < 1.29 is 0 Å². The number of hydrogen-bond donors (Lipinski definition) is 0. The predicted octanol–water partition coefficient (Wildman–Crippen LogP) is 5.70. The average Bonchev–Trinajstić information content (AvgIpc) is 3.03. The summed E-state index contributed by atoms with van der Waals surface area (Å²) < 4.78 is 0. The van der Waals surface area contributed by atoms with E-state index in [0.29, 0.717) is 10.5 Å². The van der Waals surface area contributed by atoms with Crippen molar-refractivity contribution in [2.24, 2.45) is 0 Å². The van der Waals surface area contributed by atoms with Gasteiger partial charge in [0.25, 0.3) is 0 Å². The molecule has 2 aromatic rings. The Morgan fingerprint density at radius 3 is 1.71 bits per heavy atom. The summed E-state index contributed by atoms with van der Waals surface area (Å²) in [6.45, 7) is 7.88. The molecule has 0 aromatic carbocycles. The zero-order valence-electron chi connectivity index (χ0n) is 9.41. The van der Waals surface area contributed by atoms with E-state index in [4.69, 9.17) is 0 Å². The van der Waals surface area contributed by atoms with Crippen molar-refractivity contribution in [3.05, 3.63) is 70.1 Å². The second-order valence-corrected chi connectivity index (χ2v) is 6.73. The first-order valence-electron chi connectivity index (χ1n) is 5.32. The maximum Gasteiger partial charge on any atom is 0.0578 e. The van der Waals surface area contributed by atoms with Crippen molar-refractivity contribution >= 4 is 34.4 Å². The molecule has 2 rings (SSSR count). The summed E-state index contributed by atoms with van der Waals surface area (Å²) in [5.41, 5.74) is 0. The first-order valence-corrected chi connectivity index (χ1v) is 8.02. The van der Waals surface area contributed by atoms with Gasteiger partial charge in [-0.3, -0.25) is 0 Å². The van der Waals surface area contributed by atoms with Gasteiger partial charge >= 0.3 is 0 Å². The summed E-state index contributed by atoms with van der Waals surface area (Å²) in [4.78, 5) is 2.71. The van der Waals surface area contributed by atoms with Gasteiger partial charge in [-0.15, -0.1) is 47.6 Å². The van der Waals surface area contributed by atoms with E-state index in [1.807, 2.05) is 23.9 Å². The second kappa shape index (κ2) is 6.24. The molecule has 0 aliphatic heterocycles. The summed E-state index contributed by atoms with van der Waals surface area (Å²) in [6, 6.07) is 8.51. The minimum absolute atomic E-state index is 0.347. The third kappa shape index (κ3) is 3.12. The molecule has 0 radical (unpaired) electrons. The second-order valence-electron chi connectivity index (χ2n) is 3.48. The van der Waals surface area contributed by atoms with Crippen molar-refractivity contribution in [2.75, 3.05) is 0 Å². The molecule has 2 aromatic heterocycles. The van der Waals surface area contributed by atoms with Crippen LogP contribution in [0.2, 0.25) is 0 Å². The Labute approximate surface area is 115 Å². The minimum Gasteiger partial charge on any atom is -0.147 e. The Morgan fingerprint density at radius 1 is 0.941 bits per heavy atom. The van der Waals surface area contributed by atoms with Gasteiger partial charge in [0, 0.05) is 9.75 Å². The molecule has 0 aliphatic carbocycles. The lowest BCUT2D eigenvalue weighted by Gasteiger charge is -2.16. The standard InChI is InChI=1S/C14H14S3/c1-3-11(13-7-5-9-15-13)17-12(4-2)14-8-6-10-16-14/h3-12H,1-2H2/t11-,12-/m1/s1. The summed E-state index contributed by atoms with van der Waals surface area (Å²) in [7, 11) is 0. The molecule has 0 unspecified atom stereocenters. The monoisotopic (exact) mass is 278 g/mol. The zero-order valence-corrected chi connectivity index (χ0v) is 11.9. The van der Waals surface area contributed by atoms with Gasteiger partial charge in [-0.1, -0.05) is 24.3 Å². The third-order valence-electron chi connectivity index (χ3n) is 2.37. The number of rotatable bonds is 6. The lowest BCUT2D eigenvalue weighted by atomic mass is 10.3. The van der Waals surface area contributed by atoms with Gasteiger partial charge in [0.15, 0.2) is 0 Å². The van der Waals surface area contributed by atoms with Crippen molar-refractivity contribution in [2.45, 2.75) is 10.5 Å². The quantitative estimate of drug-likeness (QED) is 0.611. The first-order chi connectivity index (χ1) is 8.35. The molecular weight excluding hydrogens is 264 g/mol. The smallest absolute Gasteiger partial charge is 0.0578 e. The fourth-order valence-corrected chi connectivity index (χ4v) is 4.58. The number of thioether (sulfide) groups is 1. The van der Waals surface area contributed by atoms with Crippen molar-refractivity contribution in [1.82, 2.24) is 0 Å². The summed E-state index contributed by atoms with van der Waals surface area (Å²) in [5, 5.41) is 4.92. The number of hydrogen-bond acceptors (Lipinski definition) is 3. The van der Waals surface area contributed by atoms with Crippen LogP contribution < -0.4 is 0 Å². The molecule has 0 spiro atoms. The molecule has 88 valence electrons. The van der Waals surface area contributed by atoms with Gasteiger partial charge in [0.2, 0.25) is 0 Å². The van der Waals surface area contributed by atoms with E-state index in [9.17, 15) is 0 Å². The van der Waals surface area contributed by atoms with Crippen LogP contribution in [0.1, 0.15) is 20.3 Å². The summed E-state index contributed by atoms with van der Waals surface area (Å²) in [5.74, 6) is 0. The van der Waals surface area contributed by atoms with E-state index in [-0.39, 0.29) is 0 Å². The van der Waals surface area contributed by atoms with Gasteiger partial charge in [-0.2, -0.15) is 0 Å². The van der Waals surface area contributed by atoms with Crippen LogP contribution in [0.15, 0.2) is 60.3 Å². The van der Waals surface area contributed by atoms with E-state index >= 15 is 0 Å². The molecule has 3 heteroatoms. The van der Waals surface area contributed by atoms with Crippen molar-refractivity contribution in [1.29, 1.82) is 0 Å². The summed E-state index contributed by atoms with van der Waals surface area (Å²) in [6.07, 6.45) is 4.03. The molecule has 0 saturated heterocycles. The van der Waals surface area contributed by atoms with Gasteiger partial charge < -0.3 is 0 Å². The Morgan fingerprint density at radius 2 is 1.41 bits per heavy atom. The molecule has 0 amide bonds. The average molecular weight is 278 g/mol. The van der Waals surface area contributed by atoms with Crippen molar-refractivity contribution in [3.63, 3.8) is 0 Å². The predicted molar refractivity (Wildman–Crippen MR) is 82.1 cm³/mol.